The van der Waals surface area contributed by atoms with Crippen LogP contribution in [0.4, 0.5) is 0 Å². The SMILES string of the molecule is CC(C)C(NC(=O)C(N)CC(=O)O)C(=O)NC(CCCCN)C(=O)NCC(=O)O. The van der Waals surface area contributed by atoms with Crippen molar-refractivity contribution in [2.45, 2.75) is 57.7 Å². The Morgan fingerprint density at radius 2 is 1.52 bits per heavy atom. The molecule has 3 amide bonds. The van der Waals surface area contributed by atoms with E-state index in [4.69, 9.17) is 21.7 Å². The number of aliphatic carboxylic acids is 2. The van der Waals surface area contributed by atoms with Crippen LogP contribution in [0.15, 0.2) is 0 Å². The minimum absolute atomic E-state index is 0.228. The van der Waals surface area contributed by atoms with E-state index >= 15 is 0 Å². The third kappa shape index (κ3) is 11.0. The highest BCUT2D eigenvalue weighted by molar-refractivity contribution is 5.94. The van der Waals surface area contributed by atoms with E-state index in [1.165, 1.54) is 0 Å². The summed E-state index contributed by atoms with van der Waals surface area (Å²) in [6.45, 7) is 3.10. The zero-order valence-corrected chi connectivity index (χ0v) is 16.6. The maximum atomic E-state index is 12.6. The maximum absolute atomic E-state index is 12.6. The molecule has 0 spiro atoms. The van der Waals surface area contributed by atoms with Crippen molar-refractivity contribution in [3.05, 3.63) is 0 Å². The molecule has 29 heavy (non-hydrogen) atoms. The highest BCUT2D eigenvalue weighted by Gasteiger charge is 2.30. The maximum Gasteiger partial charge on any atom is 0.322 e. The third-order valence-corrected chi connectivity index (χ3v) is 3.97. The lowest BCUT2D eigenvalue weighted by Crippen LogP contribution is -2.57. The number of hydrogen-bond donors (Lipinski definition) is 7. The van der Waals surface area contributed by atoms with Crippen LogP contribution in [0.5, 0.6) is 0 Å². The molecule has 0 bridgehead atoms. The summed E-state index contributed by atoms with van der Waals surface area (Å²) in [7, 11) is 0. The normalized spacial score (nSPS) is 13.8. The molecule has 0 aliphatic heterocycles. The second-order valence-electron chi connectivity index (χ2n) is 6.89. The van der Waals surface area contributed by atoms with Gasteiger partial charge in [-0.05, 0) is 31.7 Å². The molecular formula is C17H31N5O7. The first-order valence-corrected chi connectivity index (χ1v) is 9.27. The number of rotatable bonds is 14. The lowest BCUT2D eigenvalue weighted by molar-refractivity contribution is -0.140. The smallest absolute Gasteiger partial charge is 0.322 e. The summed E-state index contributed by atoms with van der Waals surface area (Å²) in [6.07, 6.45) is 0.750. The molecule has 0 aromatic heterocycles. The molecular weight excluding hydrogens is 386 g/mol. The Balaban J connectivity index is 5.15. The van der Waals surface area contributed by atoms with Crippen LogP contribution in [0.2, 0.25) is 0 Å². The quantitative estimate of drug-likeness (QED) is 0.152. The average molecular weight is 417 g/mol. The molecule has 0 aliphatic rings. The molecule has 0 saturated carbocycles. The fourth-order valence-corrected chi connectivity index (χ4v) is 2.39. The number of carbonyl (C=O) groups is 5. The number of unbranched alkanes of at least 4 members (excludes halogenated alkanes) is 1. The number of carboxylic acid groups (broad SMARTS) is 2. The molecule has 0 saturated heterocycles. The Bertz CT molecular complexity index is 597. The van der Waals surface area contributed by atoms with Crippen LogP contribution < -0.4 is 27.4 Å². The lowest BCUT2D eigenvalue weighted by atomic mass is 10.0. The molecule has 3 unspecified atom stereocenters. The number of nitrogens with two attached hydrogens (primary N) is 2. The standard InChI is InChI=1S/C17H31N5O7/c1-9(2)14(22-15(27)10(19)7-12(23)24)17(29)21-11(5-3-4-6-18)16(28)20-8-13(25)26/h9-11,14H,3-8,18-19H2,1-2H3,(H,20,28)(H,21,29)(H,22,27)(H,23,24)(H,25,26). The van der Waals surface area contributed by atoms with Gasteiger partial charge in [0.1, 0.15) is 18.6 Å². The van der Waals surface area contributed by atoms with Crippen molar-refractivity contribution in [3.63, 3.8) is 0 Å². The monoisotopic (exact) mass is 417 g/mol. The molecule has 12 nitrogen and oxygen atoms in total. The van der Waals surface area contributed by atoms with Crippen LogP contribution in [0.1, 0.15) is 39.5 Å². The van der Waals surface area contributed by atoms with Gasteiger partial charge in [-0.1, -0.05) is 13.8 Å². The summed E-state index contributed by atoms with van der Waals surface area (Å²) >= 11 is 0. The van der Waals surface area contributed by atoms with E-state index in [-0.39, 0.29) is 12.3 Å². The molecule has 0 fully saturated rings. The average Bonchev–Trinajstić information content (AvgIpc) is 2.62. The number of carbonyl (C=O) groups excluding carboxylic acids is 3. The first-order valence-electron chi connectivity index (χ1n) is 9.27. The van der Waals surface area contributed by atoms with Gasteiger partial charge in [-0.3, -0.25) is 24.0 Å². The number of nitrogens with one attached hydrogen (secondary N) is 3. The summed E-state index contributed by atoms with van der Waals surface area (Å²) < 4.78 is 0. The van der Waals surface area contributed by atoms with Crippen molar-refractivity contribution < 1.29 is 34.2 Å². The van der Waals surface area contributed by atoms with Gasteiger partial charge in [-0.25, -0.2) is 0 Å². The molecule has 0 radical (unpaired) electrons. The van der Waals surface area contributed by atoms with Gasteiger partial charge in [0.05, 0.1) is 12.5 Å². The van der Waals surface area contributed by atoms with Crippen LogP contribution >= 0.6 is 0 Å². The summed E-state index contributed by atoms with van der Waals surface area (Å²) in [5.41, 5.74) is 10.9. The summed E-state index contributed by atoms with van der Waals surface area (Å²) in [4.78, 5) is 58.3. The molecule has 166 valence electrons. The summed E-state index contributed by atoms with van der Waals surface area (Å²) in [5.74, 6) is -5.02. The number of hydrogen-bond acceptors (Lipinski definition) is 7. The minimum Gasteiger partial charge on any atom is -0.481 e. The first-order chi connectivity index (χ1) is 13.5. The van der Waals surface area contributed by atoms with Crippen molar-refractivity contribution in [2.75, 3.05) is 13.1 Å². The third-order valence-electron chi connectivity index (χ3n) is 3.97. The molecule has 0 aliphatic carbocycles. The molecule has 0 rings (SSSR count). The number of carboxylic acids is 2. The van der Waals surface area contributed by atoms with Gasteiger partial charge in [0, 0.05) is 0 Å². The molecule has 0 aromatic rings. The lowest BCUT2D eigenvalue weighted by Gasteiger charge is -2.26. The highest BCUT2D eigenvalue weighted by Crippen LogP contribution is 2.06. The number of amides is 3. The van der Waals surface area contributed by atoms with Gasteiger partial charge in [0.2, 0.25) is 17.7 Å². The predicted octanol–water partition coefficient (Wildman–Crippen LogP) is -2.26. The highest BCUT2D eigenvalue weighted by atomic mass is 16.4. The van der Waals surface area contributed by atoms with Gasteiger partial charge < -0.3 is 37.6 Å². The van der Waals surface area contributed by atoms with Gasteiger partial charge in [-0.2, -0.15) is 0 Å². The van der Waals surface area contributed by atoms with E-state index in [0.717, 1.165) is 0 Å². The Morgan fingerprint density at radius 3 is 2.00 bits per heavy atom. The van der Waals surface area contributed by atoms with Crippen molar-refractivity contribution in [3.8, 4) is 0 Å². The van der Waals surface area contributed by atoms with Crippen LogP contribution in [-0.4, -0.2) is 71.1 Å². The minimum atomic E-state index is -1.33. The molecule has 0 heterocycles. The summed E-state index contributed by atoms with van der Waals surface area (Å²) in [5, 5.41) is 24.5. The van der Waals surface area contributed by atoms with Crippen LogP contribution in [0.3, 0.4) is 0 Å². The fourth-order valence-electron chi connectivity index (χ4n) is 2.39. The van der Waals surface area contributed by atoms with Crippen LogP contribution in [-0.2, 0) is 24.0 Å². The van der Waals surface area contributed by atoms with E-state index in [1.54, 1.807) is 13.8 Å². The van der Waals surface area contributed by atoms with Gasteiger partial charge in [0.25, 0.3) is 0 Å². The predicted molar refractivity (Wildman–Crippen MR) is 102 cm³/mol. The zero-order chi connectivity index (χ0) is 22.6. The van der Waals surface area contributed by atoms with Gasteiger partial charge in [-0.15, -0.1) is 0 Å². The Morgan fingerprint density at radius 1 is 0.897 bits per heavy atom. The van der Waals surface area contributed by atoms with E-state index in [0.29, 0.717) is 19.4 Å². The Hall–Kier alpha value is -2.73. The Kier molecular flexibility index (Phi) is 12.2. The summed E-state index contributed by atoms with van der Waals surface area (Å²) in [6, 6.07) is -3.41. The second-order valence-corrected chi connectivity index (χ2v) is 6.89. The van der Waals surface area contributed by atoms with Crippen molar-refractivity contribution in [1.82, 2.24) is 16.0 Å². The second kappa shape index (κ2) is 13.4. The topological polar surface area (TPSA) is 214 Å². The molecule has 3 atom stereocenters. The zero-order valence-electron chi connectivity index (χ0n) is 16.6. The largest absolute Gasteiger partial charge is 0.481 e. The van der Waals surface area contributed by atoms with Crippen LogP contribution in [0.25, 0.3) is 0 Å². The van der Waals surface area contributed by atoms with Crippen LogP contribution in [0, 0.1) is 5.92 Å². The van der Waals surface area contributed by atoms with Gasteiger partial charge >= 0.3 is 11.9 Å². The van der Waals surface area contributed by atoms with Crippen molar-refractivity contribution in [2.24, 2.45) is 17.4 Å². The van der Waals surface area contributed by atoms with E-state index < -0.39 is 60.8 Å². The van der Waals surface area contributed by atoms with Crippen molar-refractivity contribution >= 4 is 29.7 Å². The van der Waals surface area contributed by atoms with Gasteiger partial charge in [0.15, 0.2) is 0 Å². The molecule has 12 heteroatoms. The first kappa shape index (κ1) is 26.3. The van der Waals surface area contributed by atoms with E-state index in [2.05, 4.69) is 16.0 Å². The Labute approximate surface area is 168 Å². The van der Waals surface area contributed by atoms with E-state index in [1.807, 2.05) is 0 Å². The molecule has 0 aromatic carbocycles. The molecule has 9 N–H and O–H groups in total. The fraction of sp³-hybridized carbons (Fsp3) is 0.706. The van der Waals surface area contributed by atoms with Crippen molar-refractivity contribution in [1.29, 1.82) is 0 Å². The van der Waals surface area contributed by atoms with E-state index in [9.17, 15) is 24.0 Å².